The number of hydrogen-bond donors (Lipinski definition) is 5. The first-order valence-electron chi connectivity index (χ1n) is 15.6. The van der Waals surface area contributed by atoms with Crippen molar-refractivity contribution in [2.24, 2.45) is 5.92 Å². The van der Waals surface area contributed by atoms with Crippen LogP contribution < -0.4 is 4.74 Å². The van der Waals surface area contributed by atoms with Gasteiger partial charge >= 0.3 is 15.2 Å². The van der Waals surface area contributed by atoms with Crippen molar-refractivity contribution in [3.05, 3.63) is 113 Å². The second-order valence-electron chi connectivity index (χ2n) is 14.1. The Bertz CT molecular complexity index is 1760. The first-order valence-corrected chi connectivity index (χ1v) is 20.1. The zero-order chi connectivity index (χ0) is 36.1. The minimum Gasteiger partial charge on any atom is -0.508 e. The van der Waals surface area contributed by atoms with Crippen molar-refractivity contribution in [1.29, 1.82) is 0 Å². The molecule has 48 heavy (non-hydrogen) atoms. The summed E-state index contributed by atoms with van der Waals surface area (Å²) in [5.74, 6) is 1.85. The maximum atomic E-state index is 12.1. The first kappa shape index (κ1) is 39.6. The van der Waals surface area contributed by atoms with Gasteiger partial charge in [-0.15, -0.1) is 0 Å². The molecule has 0 bridgehead atoms. The average molecular weight is 715 g/mol. The van der Waals surface area contributed by atoms with Gasteiger partial charge in [-0.25, -0.2) is 0 Å². The topological polar surface area (TPSA) is 145 Å². The maximum Gasteiger partial charge on any atom is 0.330 e. The van der Waals surface area contributed by atoms with Crippen LogP contribution in [-0.4, -0.2) is 24.7 Å². The summed E-state index contributed by atoms with van der Waals surface area (Å²) in [6.07, 6.45) is -0.903. The van der Waals surface area contributed by atoms with Crippen LogP contribution in [0.2, 0.25) is 0 Å². The molecular weight excluding hydrogens is 666 g/mol. The van der Waals surface area contributed by atoms with Crippen molar-refractivity contribution in [3.8, 4) is 17.2 Å². The van der Waals surface area contributed by atoms with Crippen LogP contribution in [0.25, 0.3) is 0 Å². The lowest BCUT2D eigenvalue weighted by Crippen LogP contribution is -2.21. The number of rotatable bonds is 10. The molecule has 0 fully saturated rings. The molecule has 0 aliphatic heterocycles. The zero-order valence-corrected chi connectivity index (χ0v) is 31.4. The molecule has 8 nitrogen and oxygen atoms in total. The molecule has 0 saturated carbocycles. The van der Waals surface area contributed by atoms with Gasteiger partial charge < -0.3 is 29.4 Å². The van der Waals surface area contributed by atoms with E-state index < -0.39 is 26.8 Å². The lowest BCUT2D eigenvalue weighted by atomic mass is 9.75. The molecule has 0 radical (unpaired) electrons. The van der Waals surface area contributed by atoms with Crippen molar-refractivity contribution >= 4 is 27.0 Å². The molecule has 0 saturated heterocycles. The summed E-state index contributed by atoms with van der Waals surface area (Å²) in [4.78, 5) is 41.2. The van der Waals surface area contributed by atoms with E-state index in [1.807, 2.05) is 83.1 Å². The summed E-state index contributed by atoms with van der Waals surface area (Å²) in [6.45, 7) is 16.4. The molecule has 0 unspecified atom stereocenters. The van der Waals surface area contributed by atoms with Crippen LogP contribution in [0, 0.1) is 5.92 Å². The predicted molar refractivity (Wildman–Crippen MR) is 194 cm³/mol. The van der Waals surface area contributed by atoms with E-state index in [-0.39, 0.29) is 17.3 Å². The molecule has 0 aromatic heterocycles. The van der Waals surface area contributed by atoms with Gasteiger partial charge in [0.2, 0.25) is 0 Å². The number of phenolic OH excluding ortho intramolecular Hbond substituents is 1. The van der Waals surface area contributed by atoms with Crippen LogP contribution in [0.15, 0.2) is 94.7 Å². The molecule has 4 aromatic carbocycles. The fraction of sp³-hybridized carbons (Fsp3) is 0.351. The van der Waals surface area contributed by atoms with Crippen molar-refractivity contribution in [2.75, 3.05) is 0 Å². The van der Waals surface area contributed by atoms with Gasteiger partial charge in [0.05, 0.1) is 12.3 Å². The molecule has 5 N–H and O–H groups in total. The summed E-state index contributed by atoms with van der Waals surface area (Å²) in [5.41, 5.74) is 2.33. The second-order valence-corrected chi connectivity index (χ2v) is 18.6. The molecule has 0 aliphatic rings. The summed E-state index contributed by atoms with van der Waals surface area (Å²) in [7, 11) is -8.79. The van der Waals surface area contributed by atoms with Crippen LogP contribution in [-0.2, 0) is 32.3 Å². The van der Waals surface area contributed by atoms with E-state index in [0.717, 1.165) is 32.4 Å². The third-order valence-corrected chi connectivity index (χ3v) is 9.81. The number of benzene rings is 4. The van der Waals surface area contributed by atoms with E-state index in [9.17, 15) is 33.8 Å². The highest BCUT2D eigenvalue weighted by Crippen LogP contribution is 2.46. The molecular formula is C37H48O8P2S. The minimum atomic E-state index is -4.46. The maximum absolute atomic E-state index is 12.1. The van der Waals surface area contributed by atoms with Crippen LogP contribution in [0.5, 0.6) is 17.2 Å². The molecule has 260 valence electrons. The van der Waals surface area contributed by atoms with E-state index in [4.69, 9.17) is 4.74 Å². The van der Waals surface area contributed by atoms with Crippen molar-refractivity contribution in [1.82, 2.24) is 0 Å². The minimum absolute atomic E-state index is 0.196. The Morgan fingerprint density at radius 1 is 0.667 bits per heavy atom. The fourth-order valence-electron chi connectivity index (χ4n) is 5.00. The Kier molecular flexibility index (Phi) is 13.0. The SMILES string of the molecule is CC(C)(C)c1ccc(C(C)(C)c2ccc(Oc3ccc(Sc4ccc(O)cc4)cc3)c(CP(=O)(O)O)c2)cc1CP(=O)(O)O.CC(C)C. The molecule has 0 aliphatic carbocycles. The molecule has 0 spiro atoms. The van der Waals surface area contributed by atoms with Gasteiger partial charge in [0, 0.05) is 20.8 Å². The Labute approximate surface area is 288 Å². The third kappa shape index (κ3) is 12.2. The predicted octanol–water partition coefficient (Wildman–Crippen LogP) is 9.98. The molecule has 0 heterocycles. The number of phenols is 1. The fourth-order valence-corrected chi connectivity index (χ4v) is 7.21. The van der Waals surface area contributed by atoms with E-state index in [1.54, 1.807) is 36.4 Å². The van der Waals surface area contributed by atoms with Gasteiger partial charge in [-0.1, -0.05) is 97.5 Å². The largest absolute Gasteiger partial charge is 0.508 e. The van der Waals surface area contributed by atoms with Gasteiger partial charge in [-0.2, -0.15) is 0 Å². The first-order chi connectivity index (χ1) is 22.0. The zero-order valence-electron chi connectivity index (χ0n) is 28.8. The Morgan fingerprint density at radius 3 is 1.58 bits per heavy atom. The van der Waals surface area contributed by atoms with Gasteiger partial charge in [-0.05, 0) is 88.2 Å². The smallest absolute Gasteiger partial charge is 0.330 e. The van der Waals surface area contributed by atoms with Crippen molar-refractivity contribution < 1.29 is 38.5 Å². The van der Waals surface area contributed by atoms with Gasteiger partial charge in [0.1, 0.15) is 17.2 Å². The third-order valence-electron chi connectivity index (χ3n) is 7.29. The molecule has 0 amide bonds. The van der Waals surface area contributed by atoms with Gasteiger partial charge in [-0.3, -0.25) is 9.13 Å². The Morgan fingerprint density at radius 2 is 1.10 bits per heavy atom. The highest BCUT2D eigenvalue weighted by atomic mass is 32.2. The van der Waals surface area contributed by atoms with Crippen LogP contribution in [0.1, 0.15) is 83.2 Å². The normalized spacial score (nSPS) is 12.4. The quantitative estimate of drug-likeness (QED) is 0.101. The lowest BCUT2D eigenvalue weighted by molar-refractivity contribution is 0.368. The van der Waals surface area contributed by atoms with E-state index in [0.29, 0.717) is 22.6 Å². The summed E-state index contributed by atoms with van der Waals surface area (Å²) in [6, 6.07) is 25.1. The molecule has 4 aromatic rings. The standard InChI is InChI=1S/C33H38O8P2S.C4H10/c1-32(2,3)30-16-6-24(18-22(30)20-42(35,36)37)33(4,5)25-7-17-31(23(19-25)21-43(38,39)40)41-27-10-14-29(15-11-27)44-28-12-8-26(34)9-13-28;1-4(2)3/h6-19,34H,20-21H2,1-5H3,(H2,35,36,37)(H2,38,39,40);4H,1-3H3. The van der Waals surface area contributed by atoms with Crippen molar-refractivity contribution in [3.63, 3.8) is 0 Å². The highest BCUT2D eigenvalue weighted by molar-refractivity contribution is 7.99. The molecule has 4 rings (SSSR count). The average Bonchev–Trinajstić information content (AvgIpc) is 2.93. The number of ether oxygens (including phenoxy) is 1. The van der Waals surface area contributed by atoms with Gasteiger partial charge in [0.25, 0.3) is 0 Å². The summed E-state index contributed by atoms with van der Waals surface area (Å²) < 4.78 is 30.2. The second kappa shape index (κ2) is 15.8. The Hall–Kier alpha value is -2.87. The van der Waals surface area contributed by atoms with E-state index in [1.165, 1.54) is 11.8 Å². The number of aromatic hydroxyl groups is 1. The van der Waals surface area contributed by atoms with Crippen LogP contribution >= 0.6 is 27.0 Å². The molecule has 0 atom stereocenters. The van der Waals surface area contributed by atoms with Crippen LogP contribution in [0.3, 0.4) is 0 Å². The van der Waals surface area contributed by atoms with Crippen LogP contribution in [0.4, 0.5) is 0 Å². The molecule has 11 heteroatoms. The Balaban J connectivity index is 0.00000148. The lowest BCUT2D eigenvalue weighted by Gasteiger charge is -2.30. The summed E-state index contributed by atoms with van der Waals surface area (Å²) >= 11 is 1.52. The van der Waals surface area contributed by atoms with Gasteiger partial charge in [0.15, 0.2) is 0 Å². The van der Waals surface area contributed by atoms with Crippen molar-refractivity contribution in [2.45, 2.75) is 88.3 Å². The van der Waals surface area contributed by atoms with E-state index >= 15 is 0 Å². The highest BCUT2D eigenvalue weighted by Gasteiger charge is 2.30. The monoisotopic (exact) mass is 714 g/mol. The van der Waals surface area contributed by atoms with E-state index in [2.05, 4.69) is 20.8 Å². The number of hydrogen-bond acceptors (Lipinski definition) is 5. The summed E-state index contributed by atoms with van der Waals surface area (Å²) in [5, 5.41) is 9.50.